The van der Waals surface area contributed by atoms with Gasteiger partial charge in [-0.15, -0.1) is 0 Å². The highest BCUT2D eigenvalue weighted by Crippen LogP contribution is 2.18. The fourth-order valence-electron chi connectivity index (χ4n) is 2.71. The molecule has 5 heteroatoms. The first kappa shape index (κ1) is 18.9. The lowest BCUT2D eigenvalue weighted by Gasteiger charge is -2.10. The van der Waals surface area contributed by atoms with E-state index in [1.54, 1.807) is 48.5 Å². The van der Waals surface area contributed by atoms with Crippen LogP contribution in [0.3, 0.4) is 0 Å². The summed E-state index contributed by atoms with van der Waals surface area (Å²) in [6.07, 6.45) is 0. The Morgan fingerprint density at radius 3 is 2.11 bits per heavy atom. The van der Waals surface area contributed by atoms with Crippen molar-refractivity contribution in [3.63, 3.8) is 0 Å². The minimum absolute atomic E-state index is 0.234. The van der Waals surface area contributed by atoms with Gasteiger partial charge >= 0.3 is 0 Å². The molecule has 138 valence electrons. The minimum atomic E-state index is -0.309. The van der Waals surface area contributed by atoms with E-state index in [0.29, 0.717) is 22.4 Å². The van der Waals surface area contributed by atoms with E-state index in [4.69, 9.17) is 5.26 Å². The van der Waals surface area contributed by atoms with Crippen molar-refractivity contribution in [2.75, 3.05) is 10.6 Å². The normalized spacial score (nSPS) is 10.0. The molecule has 0 spiro atoms. The number of benzene rings is 3. The third kappa shape index (κ3) is 4.43. The maximum Gasteiger partial charge on any atom is 0.255 e. The highest BCUT2D eigenvalue weighted by Gasteiger charge is 2.11. The molecule has 0 heterocycles. The Morgan fingerprint density at radius 1 is 0.821 bits per heavy atom. The Bertz CT molecular complexity index is 1080. The predicted molar refractivity (Wildman–Crippen MR) is 109 cm³/mol. The van der Waals surface area contributed by atoms with E-state index in [1.165, 1.54) is 0 Å². The first-order valence-corrected chi connectivity index (χ1v) is 8.76. The first-order chi connectivity index (χ1) is 13.5. The van der Waals surface area contributed by atoms with Crippen molar-refractivity contribution >= 4 is 23.2 Å². The zero-order valence-electron chi connectivity index (χ0n) is 15.6. The van der Waals surface area contributed by atoms with E-state index in [2.05, 4.69) is 10.6 Å². The second-order valence-electron chi connectivity index (χ2n) is 6.50. The molecule has 0 aliphatic rings. The lowest BCUT2D eigenvalue weighted by molar-refractivity contribution is 0.101. The summed E-state index contributed by atoms with van der Waals surface area (Å²) in [6, 6.07) is 21.0. The molecule has 0 bridgehead atoms. The number of carbonyl (C=O) groups is 2. The summed E-state index contributed by atoms with van der Waals surface area (Å²) in [5, 5.41) is 14.6. The number of carbonyl (C=O) groups excluding carboxylic acids is 2. The summed E-state index contributed by atoms with van der Waals surface area (Å²) in [6.45, 7) is 3.90. The Balaban J connectivity index is 1.70. The van der Waals surface area contributed by atoms with Gasteiger partial charge in [0, 0.05) is 22.5 Å². The van der Waals surface area contributed by atoms with Gasteiger partial charge in [-0.2, -0.15) is 5.26 Å². The Labute approximate surface area is 163 Å². The first-order valence-electron chi connectivity index (χ1n) is 8.76. The van der Waals surface area contributed by atoms with Crippen LogP contribution in [-0.4, -0.2) is 11.8 Å². The van der Waals surface area contributed by atoms with Crippen LogP contribution in [0.2, 0.25) is 0 Å². The molecule has 0 atom stereocenters. The topological polar surface area (TPSA) is 82.0 Å². The summed E-state index contributed by atoms with van der Waals surface area (Å²) < 4.78 is 0. The number of rotatable bonds is 4. The van der Waals surface area contributed by atoms with Gasteiger partial charge in [0.1, 0.15) is 0 Å². The quantitative estimate of drug-likeness (QED) is 0.700. The van der Waals surface area contributed by atoms with Crippen LogP contribution in [0.15, 0.2) is 66.7 Å². The molecule has 28 heavy (non-hydrogen) atoms. The van der Waals surface area contributed by atoms with Crippen LogP contribution in [-0.2, 0) is 0 Å². The van der Waals surface area contributed by atoms with Crippen molar-refractivity contribution in [2.24, 2.45) is 0 Å². The second kappa shape index (κ2) is 8.19. The van der Waals surface area contributed by atoms with E-state index >= 15 is 0 Å². The van der Waals surface area contributed by atoms with Gasteiger partial charge in [0.2, 0.25) is 0 Å². The van der Waals surface area contributed by atoms with E-state index in [-0.39, 0.29) is 11.8 Å². The van der Waals surface area contributed by atoms with Crippen LogP contribution in [0.25, 0.3) is 0 Å². The monoisotopic (exact) mass is 369 g/mol. The average Bonchev–Trinajstić information content (AvgIpc) is 2.71. The molecule has 0 saturated heterocycles. The molecule has 0 radical (unpaired) electrons. The molecule has 2 N–H and O–H groups in total. The van der Waals surface area contributed by atoms with E-state index in [1.807, 2.05) is 38.1 Å². The summed E-state index contributed by atoms with van der Waals surface area (Å²) in [5.41, 5.74) is 4.71. The van der Waals surface area contributed by atoms with Crippen LogP contribution < -0.4 is 10.6 Å². The van der Waals surface area contributed by atoms with Crippen LogP contribution in [0.5, 0.6) is 0 Å². The fraction of sp³-hybridized carbons (Fsp3) is 0.0870. The summed E-state index contributed by atoms with van der Waals surface area (Å²) >= 11 is 0. The van der Waals surface area contributed by atoms with Gasteiger partial charge in [0.25, 0.3) is 11.8 Å². The number of hydrogen-bond acceptors (Lipinski definition) is 3. The number of aryl methyl sites for hydroxylation is 2. The highest BCUT2D eigenvalue weighted by molar-refractivity contribution is 6.07. The van der Waals surface area contributed by atoms with Gasteiger partial charge in [0.05, 0.1) is 11.6 Å². The maximum atomic E-state index is 12.5. The Morgan fingerprint density at radius 2 is 1.46 bits per heavy atom. The zero-order chi connectivity index (χ0) is 20.1. The Hall–Kier alpha value is -3.91. The van der Waals surface area contributed by atoms with Crippen molar-refractivity contribution < 1.29 is 9.59 Å². The SMILES string of the molecule is Cc1ccc(C)c(NC(=O)c2ccc(C(=O)Nc3cccc(C#N)c3)cc2)c1. The third-order valence-electron chi connectivity index (χ3n) is 4.30. The molecular formula is C23H19N3O2. The molecule has 2 amide bonds. The summed E-state index contributed by atoms with van der Waals surface area (Å²) in [5.74, 6) is -0.543. The molecular weight excluding hydrogens is 350 g/mol. The largest absolute Gasteiger partial charge is 0.322 e. The molecule has 3 rings (SSSR count). The molecule has 3 aromatic rings. The molecule has 3 aromatic carbocycles. The van der Waals surface area contributed by atoms with Crippen molar-refractivity contribution in [3.05, 3.63) is 94.5 Å². The van der Waals surface area contributed by atoms with Crippen LogP contribution in [0, 0.1) is 25.2 Å². The number of amides is 2. The molecule has 0 fully saturated rings. The fourth-order valence-corrected chi connectivity index (χ4v) is 2.71. The van der Waals surface area contributed by atoms with Gasteiger partial charge in [0.15, 0.2) is 0 Å². The number of nitrogens with one attached hydrogen (secondary N) is 2. The molecule has 0 aromatic heterocycles. The van der Waals surface area contributed by atoms with Gasteiger partial charge in [-0.25, -0.2) is 0 Å². The zero-order valence-corrected chi connectivity index (χ0v) is 15.6. The average molecular weight is 369 g/mol. The molecule has 0 unspecified atom stereocenters. The van der Waals surface area contributed by atoms with Crippen molar-refractivity contribution in [2.45, 2.75) is 13.8 Å². The van der Waals surface area contributed by atoms with Gasteiger partial charge in [-0.05, 0) is 73.5 Å². The van der Waals surface area contributed by atoms with E-state index < -0.39 is 0 Å². The van der Waals surface area contributed by atoms with Crippen molar-refractivity contribution in [3.8, 4) is 6.07 Å². The van der Waals surface area contributed by atoms with Gasteiger partial charge < -0.3 is 10.6 Å². The number of hydrogen-bond donors (Lipinski definition) is 2. The van der Waals surface area contributed by atoms with E-state index in [0.717, 1.165) is 16.8 Å². The maximum absolute atomic E-state index is 12.5. The summed E-state index contributed by atoms with van der Waals surface area (Å²) in [7, 11) is 0. The molecule has 5 nitrogen and oxygen atoms in total. The van der Waals surface area contributed by atoms with Crippen LogP contribution in [0.1, 0.15) is 37.4 Å². The van der Waals surface area contributed by atoms with Crippen molar-refractivity contribution in [1.29, 1.82) is 5.26 Å². The van der Waals surface area contributed by atoms with Crippen LogP contribution in [0.4, 0.5) is 11.4 Å². The molecule has 0 aliphatic heterocycles. The smallest absolute Gasteiger partial charge is 0.255 e. The second-order valence-corrected chi connectivity index (χ2v) is 6.50. The van der Waals surface area contributed by atoms with Gasteiger partial charge in [-0.3, -0.25) is 9.59 Å². The third-order valence-corrected chi connectivity index (χ3v) is 4.30. The van der Waals surface area contributed by atoms with Crippen LogP contribution >= 0.6 is 0 Å². The number of nitrogens with zero attached hydrogens (tertiary/aromatic N) is 1. The predicted octanol–water partition coefficient (Wildman–Crippen LogP) is 4.68. The standard InChI is InChI=1S/C23H19N3O2/c1-15-6-7-16(2)21(12-15)26-23(28)19-10-8-18(9-11-19)22(27)25-20-5-3-4-17(13-20)14-24/h3-13H,1-2H3,(H,25,27)(H,26,28). The number of anilines is 2. The van der Waals surface area contributed by atoms with Crippen molar-refractivity contribution in [1.82, 2.24) is 0 Å². The number of nitriles is 1. The molecule has 0 aliphatic carbocycles. The van der Waals surface area contributed by atoms with Gasteiger partial charge in [-0.1, -0.05) is 18.2 Å². The lowest BCUT2D eigenvalue weighted by atomic mass is 10.1. The lowest BCUT2D eigenvalue weighted by Crippen LogP contribution is -2.15. The summed E-state index contributed by atoms with van der Waals surface area (Å²) in [4.78, 5) is 24.9. The molecule has 0 saturated carbocycles. The minimum Gasteiger partial charge on any atom is -0.322 e. The highest BCUT2D eigenvalue weighted by atomic mass is 16.2. The Kier molecular flexibility index (Phi) is 5.52. The van der Waals surface area contributed by atoms with E-state index in [9.17, 15) is 9.59 Å².